The second-order valence-corrected chi connectivity index (χ2v) is 4.46. The molecule has 14 heavy (non-hydrogen) atoms. The average Bonchev–Trinajstić information content (AvgIpc) is 3.00. The minimum Gasteiger partial charge on any atom is -0.330 e. The second-order valence-electron chi connectivity index (χ2n) is 4.46. The van der Waals surface area contributed by atoms with E-state index in [0.29, 0.717) is 0 Å². The number of nitrogens with zero attached hydrogens (tertiary/aromatic N) is 1. The lowest BCUT2D eigenvalue weighted by molar-refractivity contribution is 0.171. The summed E-state index contributed by atoms with van der Waals surface area (Å²) >= 11 is 0. The van der Waals surface area contributed by atoms with Gasteiger partial charge in [-0.2, -0.15) is 0 Å². The summed E-state index contributed by atoms with van der Waals surface area (Å²) in [7, 11) is 0. The standard InChI is InChI=1S/C12H26N2/c1-3-5-10-14(12-6-7-12)11(4-2)8-9-13/h11-12H,3-10,13H2,1-2H3. The van der Waals surface area contributed by atoms with Gasteiger partial charge < -0.3 is 5.73 Å². The van der Waals surface area contributed by atoms with Gasteiger partial charge in [0.2, 0.25) is 0 Å². The summed E-state index contributed by atoms with van der Waals surface area (Å²) in [6.07, 6.45) is 7.93. The maximum atomic E-state index is 5.67. The van der Waals surface area contributed by atoms with Crippen molar-refractivity contribution in [2.45, 2.75) is 64.5 Å². The predicted octanol–water partition coefficient (Wildman–Crippen LogP) is 2.38. The summed E-state index contributed by atoms with van der Waals surface area (Å²) in [5.41, 5.74) is 5.67. The van der Waals surface area contributed by atoms with Crippen molar-refractivity contribution in [2.75, 3.05) is 13.1 Å². The molecule has 2 nitrogen and oxygen atoms in total. The first-order valence-electron chi connectivity index (χ1n) is 6.29. The lowest BCUT2D eigenvalue weighted by Crippen LogP contribution is -2.38. The predicted molar refractivity (Wildman–Crippen MR) is 62.4 cm³/mol. The Bertz CT molecular complexity index is 143. The van der Waals surface area contributed by atoms with Crippen molar-refractivity contribution >= 4 is 0 Å². The van der Waals surface area contributed by atoms with E-state index in [-0.39, 0.29) is 0 Å². The van der Waals surface area contributed by atoms with Crippen LogP contribution in [0.3, 0.4) is 0 Å². The lowest BCUT2D eigenvalue weighted by Gasteiger charge is -2.31. The van der Waals surface area contributed by atoms with Crippen LogP contribution in [0.1, 0.15) is 52.4 Å². The van der Waals surface area contributed by atoms with Crippen LogP contribution in [0.25, 0.3) is 0 Å². The zero-order valence-corrected chi connectivity index (χ0v) is 9.84. The van der Waals surface area contributed by atoms with Crippen molar-refractivity contribution in [3.8, 4) is 0 Å². The Kier molecular flexibility index (Phi) is 5.49. The van der Waals surface area contributed by atoms with Gasteiger partial charge in [-0.1, -0.05) is 20.3 Å². The molecule has 1 unspecified atom stereocenters. The fraction of sp³-hybridized carbons (Fsp3) is 1.00. The summed E-state index contributed by atoms with van der Waals surface area (Å²) in [4.78, 5) is 2.72. The van der Waals surface area contributed by atoms with E-state index in [0.717, 1.165) is 18.6 Å². The highest BCUT2D eigenvalue weighted by atomic mass is 15.2. The van der Waals surface area contributed by atoms with Crippen molar-refractivity contribution in [1.82, 2.24) is 4.90 Å². The summed E-state index contributed by atoms with van der Waals surface area (Å²) in [6, 6.07) is 1.65. The topological polar surface area (TPSA) is 29.3 Å². The smallest absolute Gasteiger partial charge is 0.0108 e. The second kappa shape index (κ2) is 6.41. The van der Waals surface area contributed by atoms with Crippen molar-refractivity contribution in [1.29, 1.82) is 0 Å². The van der Waals surface area contributed by atoms with Crippen LogP contribution in [0, 0.1) is 0 Å². The van der Waals surface area contributed by atoms with E-state index >= 15 is 0 Å². The maximum absolute atomic E-state index is 5.67. The summed E-state index contributed by atoms with van der Waals surface area (Å²) in [6.45, 7) is 6.70. The van der Waals surface area contributed by atoms with Gasteiger partial charge >= 0.3 is 0 Å². The molecule has 1 fully saturated rings. The van der Waals surface area contributed by atoms with E-state index in [1.807, 2.05) is 0 Å². The van der Waals surface area contributed by atoms with Gasteiger partial charge in [0.15, 0.2) is 0 Å². The van der Waals surface area contributed by atoms with Crippen LogP contribution in [0.2, 0.25) is 0 Å². The molecule has 2 heteroatoms. The molecule has 0 spiro atoms. The number of nitrogens with two attached hydrogens (primary N) is 1. The van der Waals surface area contributed by atoms with Crippen molar-refractivity contribution in [3.05, 3.63) is 0 Å². The van der Waals surface area contributed by atoms with Crippen LogP contribution in [0.4, 0.5) is 0 Å². The number of unbranched alkanes of at least 4 members (excludes halogenated alkanes) is 1. The zero-order chi connectivity index (χ0) is 10.4. The molecule has 1 saturated carbocycles. The third-order valence-corrected chi connectivity index (χ3v) is 3.23. The Morgan fingerprint density at radius 1 is 1.36 bits per heavy atom. The van der Waals surface area contributed by atoms with E-state index < -0.39 is 0 Å². The lowest BCUT2D eigenvalue weighted by atomic mass is 10.1. The molecule has 0 heterocycles. The van der Waals surface area contributed by atoms with Crippen molar-refractivity contribution < 1.29 is 0 Å². The van der Waals surface area contributed by atoms with Gasteiger partial charge in [0.05, 0.1) is 0 Å². The molecule has 0 aromatic carbocycles. The molecule has 1 aliphatic carbocycles. The summed E-state index contributed by atoms with van der Waals surface area (Å²) in [5.74, 6) is 0. The Morgan fingerprint density at radius 2 is 2.07 bits per heavy atom. The molecule has 1 atom stereocenters. The maximum Gasteiger partial charge on any atom is 0.0108 e. The third kappa shape index (κ3) is 3.58. The van der Waals surface area contributed by atoms with Gasteiger partial charge in [-0.25, -0.2) is 0 Å². The fourth-order valence-electron chi connectivity index (χ4n) is 2.21. The molecule has 0 bridgehead atoms. The van der Waals surface area contributed by atoms with Crippen LogP contribution in [0.15, 0.2) is 0 Å². The van der Waals surface area contributed by atoms with Crippen molar-refractivity contribution in [3.63, 3.8) is 0 Å². The highest BCUT2D eigenvalue weighted by molar-refractivity contribution is 4.88. The van der Waals surface area contributed by atoms with E-state index in [9.17, 15) is 0 Å². The van der Waals surface area contributed by atoms with Crippen LogP contribution >= 0.6 is 0 Å². The Labute approximate surface area is 88.8 Å². The molecular formula is C12H26N2. The molecule has 0 aromatic heterocycles. The van der Waals surface area contributed by atoms with E-state index in [2.05, 4.69) is 18.7 Å². The van der Waals surface area contributed by atoms with Gasteiger partial charge in [0.1, 0.15) is 0 Å². The average molecular weight is 198 g/mol. The quantitative estimate of drug-likeness (QED) is 0.649. The number of rotatable bonds is 8. The number of hydrogen-bond acceptors (Lipinski definition) is 2. The third-order valence-electron chi connectivity index (χ3n) is 3.23. The minimum atomic E-state index is 0.749. The molecule has 2 N–H and O–H groups in total. The molecule has 0 aliphatic heterocycles. The van der Waals surface area contributed by atoms with Crippen LogP contribution in [0.5, 0.6) is 0 Å². The molecule has 0 amide bonds. The summed E-state index contributed by atoms with van der Waals surface area (Å²) in [5, 5.41) is 0. The largest absolute Gasteiger partial charge is 0.330 e. The summed E-state index contributed by atoms with van der Waals surface area (Å²) < 4.78 is 0. The first-order chi connectivity index (χ1) is 6.83. The molecular weight excluding hydrogens is 172 g/mol. The van der Waals surface area contributed by atoms with Crippen molar-refractivity contribution in [2.24, 2.45) is 5.73 Å². The molecule has 84 valence electrons. The highest BCUT2D eigenvalue weighted by Crippen LogP contribution is 2.30. The van der Waals surface area contributed by atoms with Gasteiger partial charge in [0, 0.05) is 12.1 Å². The molecule has 1 aliphatic rings. The molecule has 0 saturated heterocycles. The zero-order valence-electron chi connectivity index (χ0n) is 9.84. The van der Waals surface area contributed by atoms with E-state index in [1.54, 1.807) is 0 Å². The Morgan fingerprint density at radius 3 is 2.50 bits per heavy atom. The molecule has 0 radical (unpaired) electrons. The number of hydrogen-bond donors (Lipinski definition) is 1. The van der Waals surface area contributed by atoms with Gasteiger partial charge in [-0.15, -0.1) is 0 Å². The normalized spacial score (nSPS) is 18.9. The van der Waals surface area contributed by atoms with E-state index in [1.165, 1.54) is 45.1 Å². The first-order valence-corrected chi connectivity index (χ1v) is 6.29. The minimum absolute atomic E-state index is 0.749. The van der Waals surface area contributed by atoms with Gasteiger partial charge in [-0.05, 0) is 45.2 Å². The highest BCUT2D eigenvalue weighted by Gasteiger charge is 2.32. The molecule has 1 rings (SSSR count). The first kappa shape index (κ1) is 12.0. The van der Waals surface area contributed by atoms with Gasteiger partial charge in [0.25, 0.3) is 0 Å². The SMILES string of the molecule is CCCCN(C(CC)CCN)C1CC1. The van der Waals surface area contributed by atoms with Crippen LogP contribution in [-0.2, 0) is 0 Å². The van der Waals surface area contributed by atoms with Gasteiger partial charge in [-0.3, -0.25) is 4.90 Å². The van der Waals surface area contributed by atoms with Crippen LogP contribution < -0.4 is 5.73 Å². The Hall–Kier alpha value is -0.0800. The molecule has 0 aromatic rings. The monoisotopic (exact) mass is 198 g/mol. The fourth-order valence-corrected chi connectivity index (χ4v) is 2.21. The van der Waals surface area contributed by atoms with E-state index in [4.69, 9.17) is 5.73 Å². The Balaban J connectivity index is 2.37. The van der Waals surface area contributed by atoms with Crippen LogP contribution in [-0.4, -0.2) is 30.1 Å².